The summed E-state index contributed by atoms with van der Waals surface area (Å²) in [5.74, 6) is -1.52. The van der Waals surface area contributed by atoms with E-state index >= 15 is 0 Å². The number of anilines is 2. The summed E-state index contributed by atoms with van der Waals surface area (Å²) in [7, 11) is 0. The Hall–Kier alpha value is -3.13. The van der Waals surface area contributed by atoms with Crippen molar-refractivity contribution in [1.29, 1.82) is 0 Å². The molecule has 0 heterocycles. The van der Waals surface area contributed by atoms with Crippen LogP contribution >= 0.6 is 11.6 Å². The summed E-state index contributed by atoms with van der Waals surface area (Å²) < 4.78 is 4.84. The van der Waals surface area contributed by atoms with Crippen LogP contribution in [0.4, 0.5) is 17.1 Å². The van der Waals surface area contributed by atoms with Crippen LogP contribution in [0.2, 0.25) is 5.02 Å². The van der Waals surface area contributed by atoms with Crippen molar-refractivity contribution in [1.82, 2.24) is 0 Å². The van der Waals surface area contributed by atoms with E-state index in [0.29, 0.717) is 5.02 Å². The van der Waals surface area contributed by atoms with Crippen LogP contribution in [0.25, 0.3) is 0 Å². The maximum absolute atomic E-state index is 11.9. The van der Waals surface area contributed by atoms with Gasteiger partial charge in [-0.2, -0.15) is 0 Å². The van der Waals surface area contributed by atoms with E-state index in [4.69, 9.17) is 22.1 Å². The van der Waals surface area contributed by atoms with Gasteiger partial charge in [-0.1, -0.05) is 23.7 Å². The molecule has 0 bridgehead atoms. The number of nitro groups is 1. The highest BCUT2D eigenvalue weighted by Crippen LogP contribution is 2.23. The second-order valence-electron chi connectivity index (χ2n) is 4.63. The summed E-state index contributed by atoms with van der Waals surface area (Å²) in [5.41, 5.74) is 5.57. The molecule has 0 saturated carbocycles. The van der Waals surface area contributed by atoms with Gasteiger partial charge in [-0.3, -0.25) is 14.9 Å². The number of hydrogen-bond donors (Lipinski definition) is 2. The molecule has 24 heavy (non-hydrogen) atoms. The SMILES string of the molecule is Nc1cc(Cl)ccc1C(=O)OCC(=O)Nc1ccccc1[N+](=O)[O-]. The lowest BCUT2D eigenvalue weighted by Crippen LogP contribution is -2.21. The van der Waals surface area contributed by atoms with Crippen molar-refractivity contribution in [2.75, 3.05) is 17.7 Å². The summed E-state index contributed by atoms with van der Waals surface area (Å²) >= 11 is 5.73. The summed E-state index contributed by atoms with van der Waals surface area (Å²) in [6.45, 7) is -0.618. The Morgan fingerprint density at radius 3 is 2.62 bits per heavy atom. The van der Waals surface area contributed by atoms with E-state index in [-0.39, 0.29) is 22.6 Å². The topological polar surface area (TPSA) is 125 Å². The number of benzene rings is 2. The fourth-order valence-electron chi connectivity index (χ4n) is 1.85. The number of nitrogens with two attached hydrogens (primary N) is 1. The minimum Gasteiger partial charge on any atom is -0.452 e. The van der Waals surface area contributed by atoms with Gasteiger partial charge in [0, 0.05) is 16.8 Å². The van der Waals surface area contributed by atoms with Gasteiger partial charge < -0.3 is 15.8 Å². The first-order valence-electron chi connectivity index (χ1n) is 6.64. The van der Waals surface area contributed by atoms with Crippen molar-refractivity contribution >= 4 is 40.5 Å². The third-order valence-corrected chi connectivity index (χ3v) is 3.18. The molecule has 0 aromatic heterocycles. The van der Waals surface area contributed by atoms with Gasteiger partial charge in [0.25, 0.3) is 11.6 Å². The lowest BCUT2D eigenvalue weighted by Gasteiger charge is -2.08. The first kappa shape index (κ1) is 17.2. The van der Waals surface area contributed by atoms with Crippen LogP contribution in [-0.4, -0.2) is 23.4 Å². The predicted molar refractivity (Wildman–Crippen MR) is 87.9 cm³/mol. The third kappa shape index (κ3) is 4.20. The zero-order chi connectivity index (χ0) is 17.7. The van der Waals surface area contributed by atoms with E-state index in [2.05, 4.69) is 5.32 Å². The summed E-state index contributed by atoms with van der Waals surface area (Å²) in [6, 6.07) is 9.83. The smallest absolute Gasteiger partial charge is 0.340 e. The Morgan fingerprint density at radius 2 is 1.96 bits per heavy atom. The number of carbonyl (C=O) groups excluding carboxylic acids is 2. The van der Waals surface area contributed by atoms with Crippen molar-refractivity contribution in [2.24, 2.45) is 0 Å². The predicted octanol–water partition coefficient (Wildman–Crippen LogP) is 2.63. The van der Waals surface area contributed by atoms with E-state index in [1.807, 2.05) is 0 Å². The lowest BCUT2D eigenvalue weighted by atomic mass is 10.2. The van der Waals surface area contributed by atoms with Crippen LogP contribution in [-0.2, 0) is 9.53 Å². The molecule has 2 rings (SSSR count). The number of esters is 1. The monoisotopic (exact) mass is 349 g/mol. The van der Waals surface area contributed by atoms with Gasteiger partial charge in [-0.15, -0.1) is 0 Å². The van der Waals surface area contributed by atoms with Crippen molar-refractivity contribution < 1.29 is 19.2 Å². The number of nitrogen functional groups attached to an aromatic ring is 1. The highest BCUT2D eigenvalue weighted by Gasteiger charge is 2.17. The third-order valence-electron chi connectivity index (χ3n) is 2.94. The van der Waals surface area contributed by atoms with Gasteiger partial charge in [0.1, 0.15) is 5.69 Å². The number of ether oxygens (including phenoxy) is 1. The van der Waals surface area contributed by atoms with Crippen molar-refractivity contribution in [3.63, 3.8) is 0 Å². The molecule has 9 heteroatoms. The number of para-hydroxylation sites is 2. The molecule has 0 saturated heterocycles. The Bertz CT molecular complexity index is 809. The van der Waals surface area contributed by atoms with Crippen LogP contribution in [0.5, 0.6) is 0 Å². The zero-order valence-corrected chi connectivity index (χ0v) is 12.9. The largest absolute Gasteiger partial charge is 0.452 e. The molecule has 124 valence electrons. The molecule has 0 aliphatic rings. The van der Waals surface area contributed by atoms with E-state index < -0.39 is 23.4 Å². The molecule has 3 N–H and O–H groups in total. The average Bonchev–Trinajstić information content (AvgIpc) is 2.53. The number of hydrogen-bond acceptors (Lipinski definition) is 6. The second kappa shape index (κ2) is 7.42. The Kier molecular flexibility index (Phi) is 5.33. The van der Waals surface area contributed by atoms with E-state index in [1.165, 1.54) is 42.5 Å². The van der Waals surface area contributed by atoms with Crippen LogP contribution in [0.1, 0.15) is 10.4 Å². The Labute approximate surface area is 141 Å². The molecule has 0 radical (unpaired) electrons. The molecule has 0 fully saturated rings. The van der Waals surface area contributed by atoms with E-state index in [9.17, 15) is 19.7 Å². The van der Waals surface area contributed by atoms with Gasteiger partial charge in [0.15, 0.2) is 6.61 Å². The first-order valence-corrected chi connectivity index (χ1v) is 7.01. The van der Waals surface area contributed by atoms with Crippen LogP contribution in [0.15, 0.2) is 42.5 Å². The van der Waals surface area contributed by atoms with Crippen LogP contribution in [0.3, 0.4) is 0 Å². The fraction of sp³-hybridized carbons (Fsp3) is 0.0667. The molecule has 0 unspecified atom stereocenters. The molecular formula is C15H12ClN3O5. The number of nitro benzene ring substituents is 1. The molecule has 8 nitrogen and oxygen atoms in total. The molecule has 1 amide bonds. The van der Waals surface area contributed by atoms with Gasteiger partial charge in [0.2, 0.25) is 0 Å². The summed E-state index contributed by atoms with van der Waals surface area (Å²) in [5, 5.41) is 13.5. The zero-order valence-electron chi connectivity index (χ0n) is 12.2. The van der Waals surface area contributed by atoms with E-state index in [1.54, 1.807) is 0 Å². The number of nitrogens with one attached hydrogen (secondary N) is 1. The summed E-state index contributed by atoms with van der Waals surface area (Å²) in [6.07, 6.45) is 0. The normalized spacial score (nSPS) is 10.0. The number of halogens is 1. The quantitative estimate of drug-likeness (QED) is 0.370. The average molecular weight is 350 g/mol. The molecule has 0 aliphatic heterocycles. The van der Waals surface area contributed by atoms with Crippen molar-refractivity contribution in [2.45, 2.75) is 0 Å². The highest BCUT2D eigenvalue weighted by molar-refractivity contribution is 6.31. The number of nitrogens with zero attached hydrogens (tertiary/aromatic N) is 1. The first-order chi connectivity index (χ1) is 11.4. The number of rotatable bonds is 5. The minimum absolute atomic E-state index is 0.00885. The van der Waals surface area contributed by atoms with Gasteiger partial charge in [0.05, 0.1) is 10.5 Å². The maximum atomic E-state index is 11.9. The van der Waals surface area contributed by atoms with Crippen LogP contribution < -0.4 is 11.1 Å². The molecule has 2 aromatic carbocycles. The molecule has 0 aliphatic carbocycles. The minimum atomic E-state index is -0.804. The second-order valence-corrected chi connectivity index (χ2v) is 5.07. The molecule has 0 spiro atoms. The van der Waals surface area contributed by atoms with Gasteiger partial charge in [-0.25, -0.2) is 4.79 Å². The number of carbonyl (C=O) groups is 2. The Balaban J connectivity index is 1.99. The molecule has 2 aromatic rings. The Morgan fingerprint density at radius 1 is 1.25 bits per heavy atom. The van der Waals surface area contributed by atoms with Crippen molar-refractivity contribution in [3.05, 3.63) is 63.2 Å². The lowest BCUT2D eigenvalue weighted by molar-refractivity contribution is -0.383. The summed E-state index contributed by atoms with van der Waals surface area (Å²) in [4.78, 5) is 33.9. The van der Waals surface area contributed by atoms with Crippen molar-refractivity contribution in [3.8, 4) is 0 Å². The van der Waals surface area contributed by atoms with Gasteiger partial charge >= 0.3 is 5.97 Å². The standard InChI is InChI=1S/C15H12ClN3O5/c16-9-5-6-10(11(17)7-9)15(21)24-8-14(20)18-12-3-1-2-4-13(12)19(22)23/h1-7H,8,17H2,(H,18,20). The van der Waals surface area contributed by atoms with Crippen LogP contribution in [0, 0.1) is 10.1 Å². The molecular weight excluding hydrogens is 338 g/mol. The maximum Gasteiger partial charge on any atom is 0.340 e. The van der Waals surface area contributed by atoms with Gasteiger partial charge in [-0.05, 0) is 24.3 Å². The number of amides is 1. The molecule has 0 atom stereocenters. The van der Waals surface area contributed by atoms with E-state index in [0.717, 1.165) is 0 Å². The highest BCUT2D eigenvalue weighted by atomic mass is 35.5. The fourth-order valence-corrected chi connectivity index (χ4v) is 2.03.